The van der Waals surface area contributed by atoms with Gasteiger partial charge in [0.1, 0.15) is 0 Å². The topological polar surface area (TPSA) is 43.8 Å². The molecule has 1 N–H and O–H groups in total. The summed E-state index contributed by atoms with van der Waals surface area (Å²) in [4.78, 5) is 14.6. The summed E-state index contributed by atoms with van der Waals surface area (Å²) in [5.41, 5.74) is -0.791. The largest absolute Gasteiger partial charge is 0.389 e. The molecule has 4 heteroatoms. The summed E-state index contributed by atoms with van der Waals surface area (Å²) >= 11 is 0. The van der Waals surface area contributed by atoms with Gasteiger partial charge >= 0.3 is 6.03 Å². The molecule has 0 unspecified atom stereocenters. The molecule has 0 aliphatic carbocycles. The number of rotatable bonds is 2. The van der Waals surface area contributed by atoms with E-state index in [1.54, 1.807) is 30.7 Å². The van der Waals surface area contributed by atoms with E-state index in [9.17, 15) is 9.90 Å². The lowest BCUT2D eigenvalue weighted by Gasteiger charge is -2.24. The van der Waals surface area contributed by atoms with Gasteiger partial charge in [-0.25, -0.2) is 4.79 Å². The average molecular weight is 172 g/mol. The molecule has 12 heavy (non-hydrogen) atoms. The van der Waals surface area contributed by atoms with Crippen molar-refractivity contribution in [3.63, 3.8) is 0 Å². The number of carbonyl (C=O) groups is 1. The molecule has 2 amide bonds. The van der Waals surface area contributed by atoms with Crippen molar-refractivity contribution in [1.82, 2.24) is 9.80 Å². The van der Waals surface area contributed by atoms with Crippen LogP contribution in [0, 0.1) is 0 Å². The summed E-state index contributed by atoms with van der Waals surface area (Å²) in [6, 6.07) is 0.0112. The standard InChI is InChI=1S/C8H16N2O2/c1-8(2,12)6-10-5-4-9(3)7(10)11/h12H,4-6H2,1-3H3. The molecule has 0 aromatic heterocycles. The first kappa shape index (κ1) is 9.32. The molecule has 1 aliphatic heterocycles. The van der Waals surface area contributed by atoms with E-state index >= 15 is 0 Å². The van der Waals surface area contributed by atoms with Gasteiger partial charge < -0.3 is 14.9 Å². The minimum Gasteiger partial charge on any atom is -0.389 e. The lowest BCUT2D eigenvalue weighted by molar-refractivity contribution is 0.0515. The number of likely N-dealkylation sites (N-methyl/N-ethyl adjacent to an activating group) is 1. The number of amides is 2. The minimum absolute atomic E-state index is 0.0112. The molecular weight excluding hydrogens is 156 g/mol. The van der Waals surface area contributed by atoms with Gasteiger partial charge in [0.05, 0.1) is 12.1 Å². The molecule has 1 fully saturated rings. The van der Waals surface area contributed by atoms with Gasteiger partial charge in [-0.3, -0.25) is 0 Å². The summed E-state index contributed by atoms with van der Waals surface area (Å²) in [6.45, 7) is 5.31. The van der Waals surface area contributed by atoms with E-state index < -0.39 is 5.60 Å². The molecule has 0 aromatic carbocycles. The molecule has 4 nitrogen and oxygen atoms in total. The van der Waals surface area contributed by atoms with Gasteiger partial charge in [-0.1, -0.05) is 0 Å². The van der Waals surface area contributed by atoms with E-state index in [4.69, 9.17) is 0 Å². The number of carbonyl (C=O) groups excluding carboxylic acids is 1. The molecule has 0 radical (unpaired) electrons. The summed E-state index contributed by atoms with van der Waals surface area (Å²) in [6.07, 6.45) is 0. The van der Waals surface area contributed by atoms with Gasteiger partial charge in [-0.15, -0.1) is 0 Å². The van der Waals surface area contributed by atoms with E-state index in [0.29, 0.717) is 6.54 Å². The Bertz CT molecular complexity index is 186. The number of nitrogens with zero attached hydrogens (tertiary/aromatic N) is 2. The van der Waals surface area contributed by atoms with Crippen LogP contribution in [0.1, 0.15) is 13.8 Å². The molecule has 1 rings (SSSR count). The number of hydrogen-bond acceptors (Lipinski definition) is 2. The van der Waals surface area contributed by atoms with Crippen molar-refractivity contribution in [2.45, 2.75) is 19.4 Å². The summed E-state index contributed by atoms with van der Waals surface area (Å²) in [7, 11) is 1.77. The van der Waals surface area contributed by atoms with E-state index in [2.05, 4.69) is 0 Å². The first-order chi connectivity index (χ1) is 5.40. The Labute approximate surface area is 72.8 Å². The Morgan fingerprint density at radius 2 is 2.08 bits per heavy atom. The van der Waals surface area contributed by atoms with Crippen molar-refractivity contribution < 1.29 is 9.90 Å². The fourth-order valence-corrected chi connectivity index (χ4v) is 1.32. The zero-order valence-electron chi connectivity index (χ0n) is 7.87. The van der Waals surface area contributed by atoms with E-state index in [1.807, 2.05) is 0 Å². The highest BCUT2D eigenvalue weighted by Crippen LogP contribution is 2.11. The third kappa shape index (κ3) is 2.11. The van der Waals surface area contributed by atoms with Gasteiger partial charge in [0.2, 0.25) is 0 Å². The van der Waals surface area contributed by atoms with Crippen LogP contribution in [0.25, 0.3) is 0 Å². The molecule has 1 saturated heterocycles. The zero-order chi connectivity index (χ0) is 9.35. The minimum atomic E-state index is -0.791. The maximum Gasteiger partial charge on any atom is 0.319 e. The third-order valence-corrected chi connectivity index (χ3v) is 1.88. The monoisotopic (exact) mass is 172 g/mol. The normalized spacial score (nSPS) is 19.2. The first-order valence-electron chi connectivity index (χ1n) is 4.12. The predicted octanol–water partition coefficient (Wildman–Crippen LogP) is 0.125. The van der Waals surface area contributed by atoms with E-state index in [0.717, 1.165) is 13.1 Å². The summed E-state index contributed by atoms with van der Waals surface area (Å²) in [5.74, 6) is 0. The Morgan fingerprint density at radius 1 is 1.50 bits per heavy atom. The van der Waals surface area contributed by atoms with Crippen LogP contribution in [0.4, 0.5) is 4.79 Å². The highest BCUT2D eigenvalue weighted by Gasteiger charge is 2.29. The molecule has 0 aromatic rings. The molecular formula is C8H16N2O2. The lowest BCUT2D eigenvalue weighted by Crippen LogP contribution is -2.40. The first-order valence-corrected chi connectivity index (χ1v) is 4.12. The van der Waals surface area contributed by atoms with Gasteiger partial charge in [-0.05, 0) is 13.8 Å². The van der Waals surface area contributed by atoms with Crippen molar-refractivity contribution in [2.24, 2.45) is 0 Å². The SMILES string of the molecule is CN1CCN(CC(C)(C)O)C1=O. The van der Waals surface area contributed by atoms with Crippen molar-refractivity contribution in [2.75, 3.05) is 26.7 Å². The summed E-state index contributed by atoms with van der Waals surface area (Å²) < 4.78 is 0. The second kappa shape index (κ2) is 2.94. The van der Waals surface area contributed by atoms with Crippen LogP contribution in [-0.4, -0.2) is 53.2 Å². The fourth-order valence-electron chi connectivity index (χ4n) is 1.32. The number of aliphatic hydroxyl groups is 1. The van der Waals surface area contributed by atoms with E-state index in [-0.39, 0.29) is 6.03 Å². The molecule has 0 atom stereocenters. The maximum atomic E-state index is 11.3. The second-order valence-electron chi connectivity index (χ2n) is 3.94. The van der Waals surface area contributed by atoms with Crippen LogP contribution >= 0.6 is 0 Å². The molecule has 0 spiro atoms. The molecule has 70 valence electrons. The Kier molecular flexibility index (Phi) is 2.28. The quantitative estimate of drug-likeness (QED) is 0.643. The zero-order valence-corrected chi connectivity index (χ0v) is 7.87. The van der Waals surface area contributed by atoms with Crippen LogP contribution in [0.3, 0.4) is 0 Å². The van der Waals surface area contributed by atoms with E-state index in [1.165, 1.54) is 0 Å². The highest BCUT2D eigenvalue weighted by molar-refractivity contribution is 5.76. The van der Waals surface area contributed by atoms with Gasteiger partial charge in [0.25, 0.3) is 0 Å². The average Bonchev–Trinajstić information content (AvgIpc) is 2.16. The predicted molar refractivity (Wildman–Crippen MR) is 45.9 cm³/mol. The number of β-amino-alcohol motifs (C(OH)–C–C–N with tert-alkyl or cyclic N) is 1. The molecule has 0 bridgehead atoms. The van der Waals surface area contributed by atoms with Gasteiger partial charge in [0, 0.05) is 20.1 Å². The smallest absolute Gasteiger partial charge is 0.319 e. The van der Waals surface area contributed by atoms with Crippen LogP contribution in [-0.2, 0) is 0 Å². The Morgan fingerprint density at radius 3 is 2.42 bits per heavy atom. The van der Waals surface area contributed by atoms with Crippen molar-refractivity contribution in [1.29, 1.82) is 0 Å². The van der Waals surface area contributed by atoms with Crippen LogP contribution in [0.5, 0.6) is 0 Å². The Hall–Kier alpha value is -0.770. The van der Waals surface area contributed by atoms with Crippen molar-refractivity contribution in [3.05, 3.63) is 0 Å². The number of hydrogen-bond donors (Lipinski definition) is 1. The number of urea groups is 1. The van der Waals surface area contributed by atoms with Crippen molar-refractivity contribution >= 4 is 6.03 Å². The van der Waals surface area contributed by atoms with Crippen LogP contribution < -0.4 is 0 Å². The van der Waals surface area contributed by atoms with Crippen LogP contribution in [0.2, 0.25) is 0 Å². The summed E-state index contributed by atoms with van der Waals surface area (Å²) in [5, 5.41) is 9.47. The highest BCUT2D eigenvalue weighted by atomic mass is 16.3. The molecule has 0 saturated carbocycles. The van der Waals surface area contributed by atoms with Gasteiger partial charge in [0.15, 0.2) is 0 Å². The third-order valence-electron chi connectivity index (χ3n) is 1.88. The molecule has 1 heterocycles. The van der Waals surface area contributed by atoms with Gasteiger partial charge in [-0.2, -0.15) is 0 Å². The molecule has 1 aliphatic rings. The second-order valence-corrected chi connectivity index (χ2v) is 3.94. The lowest BCUT2D eigenvalue weighted by atomic mass is 10.1. The maximum absolute atomic E-state index is 11.3. The van der Waals surface area contributed by atoms with Crippen LogP contribution in [0.15, 0.2) is 0 Å². The van der Waals surface area contributed by atoms with Crippen molar-refractivity contribution in [3.8, 4) is 0 Å². The fraction of sp³-hybridized carbons (Fsp3) is 0.875. The Balaban J connectivity index is 2.50.